The standard InChI is InChI=1S/C16H14N2/c1-4-14-12(9-17)6-5-11-7-13(18)8-15(10(2)3)16(11)14/h1,5-8,10H,18H2,2-3H3. The summed E-state index contributed by atoms with van der Waals surface area (Å²) in [5.74, 6) is 2.94. The molecular weight excluding hydrogens is 220 g/mol. The van der Waals surface area contributed by atoms with E-state index in [4.69, 9.17) is 17.4 Å². The first kappa shape index (κ1) is 12.0. The molecule has 0 atom stereocenters. The maximum absolute atomic E-state index is 9.12. The van der Waals surface area contributed by atoms with Gasteiger partial charge < -0.3 is 5.73 Å². The molecule has 2 heteroatoms. The van der Waals surface area contributed by atoms with E-state index in [-0.39, 0.29) is 0 Å². The zero-order valence-corrected chi connectivity index (χ0v) is 10.5. The van der Waals surface area contributed by atoms with Crippen molar-refractivity contribution in [1.29, 1.82) is 5.26 Å². The van der Waals surface area contributed by atoms with E-state index in [1.807, 2.05) is 18.2 Å². The molecule has 0 bridgehead atoms. The van der Waals surface area contributed by atoms with Gasteiger partial charge in [0.2, 0.25) is 0 Å². The quantitative estimate of drug-likeness (QED) is 0.607. The Morgan fingerprint density at radius 2 is 2.00 bits per heavy atom. The third-order valence-electron chi connectivity index (χ3n) is 3.06. The Morgan fingerprint density at radius 3 is 2.56 bits per heavy atom. The van der Waals surface area contributed by atoms with Crippen LogP contribution < -0.4 is 5.73 Å². The predicted molar refractivity (Wildman–Crippen MR) is 75.1 cm³/mol. The lowest BCUT2D eigenvalue weighted by Crippen LogP contribution is -1.97. The number of nitriles is 1. The lowest BCUT2D eigenvalue weighted by Gasteiger charge is -2.14. The van der Waals surface area contributed by atoms with Crippen LogP contribution in [-0.4, -0.2) is 0 Å². The molecule has 2 aromatic carbocycles. The van der Waals surface area contributed by atoms with Crippen LogP contribution in [0.1, 0.15) is 36.5 Å². The van der Waals surface area contributed by atoms with E-state index in [9.17, 15) is 0 Å². The number of rotatable bonds is 1. The molecule has 0 saturated carbocycles. The molecule has 0 aliphatic rings. The van der Waals surface area contributed by atoms with Crippen molar-refractivity contribution in [2.24, 2.45) is 0 Å². The van der Waals surface area contributed by atoms with Crippen molar-refractivity contribution >= 4 is 16.5 Å². The van der Waals surface area contributed by atoms with E-state index in [1.54, 1.807) is 6.07 Å². The third-order valence-corrected chi connectivity index (χ3v) is 3.06. The third kappa shape index (κ3) is 1.79. The highest BCUT2D eigenvalue weighted by Gasteiger charge is 2.12. The van der Waals surface area contributed by atoms with Crippen LogP contribution in [0.5, 0.6) is 0 Å². The Kier molecular flexibility index (Phi) is 2.96. The number of hydrogen-bond acceptors (Lipinski definition) is 2. The Labute approximate surface area is 107 Å². The maximum Gasteiger partial charge on any atom is 0.100 e. The summed E-state index contributed by atoms with van der Waals surface area (Å²) in [4.78, 5) is 0. The summed E-state index contributed by atoms with van der Waals surface area (Å²) in [7, 11) is 0. The Balaban J connectivity index is 3.00. The summed E-state index contributed by atoms with van der Waals surface area (Å²) >= 11 is 0. The zero-order chi connectivity index (χ0) is 13.3. The summed E-state index contributed by atoms with van der Waals surface area (Å²) in [5.41, 5.74) is 8.93. The van der Waals surface area contributed by atoms with Gasteiger partial charge in [-0.3, -0.25) is 0 Å². The zero-order valence-electron chi connectivity index (χ0n) is 10.5. The molecule has 0 aliphatic carbocycles. The molecule has 0 heterocycles. The fourth-order valence-electron chi connectivity index (χ4n) is 2.22. The molecule has 2 N–H and O–H groups in total. The number of nitrogens with zero attached hydrogens (tertiary/aromatic N) is 1. The number of benzene rings is 2. The van der Waals surface area contributed by atoms with Crippen LogP contribution in [0.4, 0.5) is 5.69 Å². The smallest absolute Gasteiger partial charge is 0.100 e. The summed E-state index contributed by atoms with van der Waals surface area (Å²) in [6.07, 6.45) is 5.57. The average Bonchev–Trinajstić information content (AvgIpc) is 2.35. The highest BCUT2D eigenvalue weighted by Crippen LogP contribution is 2.32. The monoisotopic (exact) mass is 234 g/mol. The van der Waals surface area contributed by atoms with Crippen LogP contribution in [0.3, 0.4) is 0 Å². The first-order chi connectivity index (χ1) is 8.58. The first-order valence-electron chi connectivity index (χ1n) is 5.81. The van der Waals surface area contributed by atoms with Gasteiger partial charge in [-0.2, -0.15) is 5.26 Å². The Bertz CT molecular complexity index is 698. The predicted octanol–water partition coefficient (Wildman–Crippen LogP) is 3.40. The fraction of sp³-hybridized carbons (Fsp3) is 0.188. The van der Waals surface area contributed by atoms with Gasteiger partial charge in [0, 0.05) is 11.1 Å². The molecule has 0 spiro atoms. The van der Waals surface area contributed by atoms with Crippen molar-refractivity contribution < 1.29 is 0 Å². The largest absolute Gasteiger partial charge is 0.399 e. The van der Waals surface area contributed by atoms with Gasteiger partial charge in [-0.05, 0) is 35.1 Å². The van der Waals surface area contributed by atoms with Gasteiger partial charge in [-0.1, -0.05) is 25.8 Å². The molecule has 88 valence electrons. The van der Waals surface area contributed by atoms with Crippen LogP contribution in [0.2, 0.25) is 0 Å². The number of terminal acetylenes is 1. The molecule has 2 nitrogen and oxygen atoms in total. The summed E-state index contributed by atoms with van der Waals surface area (Å²) < 4.78 is 0. The van der Waals surface area contributed by atoms with Crippen LogP contribution in [-0.2, 0) is 0 Å². The summed E-state index contributed by atoms with van der Waals surface area (Å²) in [6.45, 7) is 4.18. The molecular formula is C16H14N2. The minimum absolute atomic E-state index is 0.303. The van der Waals surface area contributed by atoms with Gasteiger partial charge in [0.25, 0.3) is 0 Å². The van der Waals surface area contributed by atoms with Crippen molar-refractivity contribution in [3.63, 3.8) is 0 Å². The Hall–Kier alpha value is -2.45. The molecule has 0 aromatic heterocycles. The van der Waals surface area contributed by atoms with Gasteiger partial charge >= 0.3 is 0 Å². The normalized spacial score (nSPS) is 10.3. The van der Waals surface area contributed by atoms with Crippen molar-refractivity contribution in [3.8, 4) is 18.4 Å². The van der Waals surface area contributed by atoms with E-state index < -0.39 is 0 Å². The van der Waals surface area contributed by atoms with Gasteiger partial charge in [-0.15, -0.1) is 6.42 Å². The van der Waals surface area contributed by atoms with Crippen molar-refractivity contribution in [1.82, 2.24) is 0 Å². The van der Waals surface area contributed by atoms with Crippen LogP contribution in [0.15, 0.2) is 24.3 Å². The molecule has 2 aromatic rings. The molecule has 0 aliphatic heterocycles. The van der Waals surface area contributed by atoms with Crippen LogP contribution in [0.25, 0.3) is 10.8 Å². The SMILES string of the molecule is C#Cc1c(C#N)ccc2cc(N)cc(C(C)C)c12. The molecule has 0 radical (unpaired) electrons. The Morgan fingerprint density at radius 1 is 1.28 bits per heavy atom. The minimum atomic E-state index is 0.303. The molecule has 0 unspecified atom stereocenters. The molecule has 2 rings (SSSR count). The van der Waals surface area contributed by atoms with E-state index in [1.165, 1.54) is 0 Å². The molecule has 18 heavy (non-hydrogen) atoms. The van der Waals surface area contributed by atoms with E-state index in [0.29, 0.717) is 17.0 Å². The van der Waals surface area contributed by atoms with Crippen molar-refractivity contribution in [2.75, 3.05) is 5.73 Å². The first-order valence-corrected chi connectivity index (χ1v) is 5.81. The number of nitrogen functional groups attached to an aromatic ring is 1. The van der Waals surface area contributed by atoms with Gasteiger partial charge in [0.1, 0.15) is 6.07 Å². The molecule has 0 amide bonds. The van der Waals surface area contributed by atoms with Gasteiger partial charge in [0.15, 0.2) is 0 Å². The van der Waals surface area contributed by atoms with E-state index in [2.05, 4.69) is 25.8 Å². The maximum atomic E-state index is 9.12. The number of nitrogens with two attached hydrogens (primary N) is 1. The second-order valence-corrected chi connectivity index (χ2v) is 4.61. The lowest BCUT2D eigenvalue weighted by molar-refractivity contribution is 0.876. The highest BCUT2D eigenvalue weighted by molar-refractivity contribution is 5.95. The topological polar surface area (TPSA) is 49.8 Å². The van der Waals surface area contributed by atoms with E-state index in [0.717, 1.165) is 22.0 Å². The minimum Gasteiger partial charge on any atom is -0.399 e. The summed E-state index contributed by atoms with van der Waals surface area (Å²) in [6, 6.07) is 9.63. The van der Waals surface area contributed by atoms with Crippen molar-refractivity contribution in [3.05, 3.63) is 41.0 Å². The number of fused-ring (bicyclic) bond motifs is 1. The summed E-state index contributed by atoms with van der Waals surface area (Å²) in [5, 5.41) is 11.1. The van der Waals surface area contributed by atoms with Crippen LogP contribution in [0, 0.1) is 23.7 Å². The average molecular weight is 234 g/mol. The highest BCUT2D eigenvalue weighted by atomic mass is 14.5. The molecule has 0 saturated heterocycles. The van der Waals surface area contributed by atoms with Gasteiger partial charge in [0.05, 0.1) is 11.1 Å². The molecule has 0 fully saturated rings. The van der Waals surface area contributed by atoms with Crippen LogP contribution >= 0.6 is 0 Å². The van der Waals surface area contributed by atoms with E-state index >= 15 is 0 Å². The second-order valence-electron chi connectivity index (χ2n) is 4.61. The van der Waals surface area contributed by atoms with Gasteiger partial charge in [-0.25, -0.2) is 0 Å². The fourth-order valence-corrected chi connectivity index (χ4v) is 2.22. The number of hydrogen-bond donors (Lipinski definition) is 1. The second kappa shape index (κ2) is 4.43. The lowest BCUT2D eigenvalue weighted by atomic mass is 9.90. The number of anilines is 1. The van der Waals surface area contributed by atoms with Crippen molar-refractivity contribution in [2.45, 2.75) is 19.8 Å².